The Morgan fingerprint density at radius 3 is 2.35 bits per heavy atom. The molecule has 23 heavy (non-hydrogen) atoms. The van der Waals surface area contributed by atoms with E-state index in [1.54, 1.807) is 0 Å². The van der Waals surface area contributed by atoms with Crippen molar-refractivity contribution in [3.8, 4) is 5.75 Å². The lowest BCUT2D eigenvalue weighted by Gasteiger charge is -2.34. The Bertz CT molecular complexity index is 488. The predicted octanol–water partition coefficient (Wildman–Crippen LogP) is 4.11. The van der Waals surface area contributed by atoms with Crippen LogP contribution in [0, 0.1) is 0 Å². The number of piperazine rings is 1. The van der Waals surface area contributed by atoms with Gasteiger partial charge in [0.15, 0.2) is 0 Å². The zero-order valence-corrected chi connectivity index (χ0v) is 15.1. The van der Waals surface area contributed by atoms with Crippen molar-refractivity contribution in [1.82, 2.24) is 10.2 Å². The Morgan fingerprint density at radius 1 is 1.22 bits per heavy atom. The molecule has 0 bridgehead atoms. The highest BCUT2D eigenvalue weighted by Gasteiger charge is 2.34. The van der Waals surface area contributed by atoms with Gasteiger partial charge < -0.3 is 10.1 Å². The van der Waals surface area contributed by atoms with E-state index in [4.69, 9.17) is 0 Å². The predicted molar refractivity (Wildman–Crippen MR) is 88.5 cm³/mol. The number of benzene rings is 1. The maximum absolute atomic E-state index is 13.5. The Balaban J connectivity index is 0.00000242. The van der Waals surface area contributed by atoms with Gasteiger partial charge >= 0.3 is 6.36 Å². The molecule has 0 radical (unpaired) electrons. The van der Waals surface area contributed by atoms with E-state index in [-0.39, 0.29) is 36.1 Å². The van der Waals surface area contributed by atoms with Gasteiger partial charge in [0, 0.05) is 36.2 Å². The van der Waals surface area contributed by atoms with Gasteiger partial charge in [0.25, 0.3) is 0 Å². The number of hydrogen-bond acceptors (Lipinski definition) is 3. The highest BCUT2D eigenvalue weighted by molar-refractivity contribution is 9.10. The fourth-order valence-electron chi connectivity index (χ4n) is 2.37. The van der Waals surface area contributed by atoms with Crippen LogP contribution in [0.1, 0.15) is 11.6 Å². The number of halogens is 7. The zero-order chi connectivity index (χ0) is 15.5. The van der Waals surface area contributed by atoms with Crippen LogP contribution >= 0.6 is 40.7 Å². The van der Waals surface area contributed by atoms with Crippen LogP contribution in [0.25, 0.3) is 0 Å². The highest BCUT2D eigenvalue weighted by Crippen LogP contribution is 2.35. The maximum Gasteiger partial charge on any atom is 0.573 e. The number of alkyl halides is 4. The van der Waals surface area contributed by atoms with Crippen LogP contribution < -0.4 is 10.1 Å². The van der Waals surface area contributed by atoms with Crippen molar-refractivity contribution >= 4 is 40.7 Å². The van der Waals surface area contributed by atoms with Gasteiger partial charge in [0.05, 0.1) is 6.04 Å². The molecule has 134 valence electrons. The molecule has 1 heterocycles. The molecule has 1 saturated heterocycles. The van der Waals surface area contributed by atoms with Crippen molar-refractivity contribution in [2.75, 3.05) is 32.9 Å². The topological polar surface area (TPSA) is 24.5 Å². The molecule has 0 unspecified atom stereocenters. The second-order valence-electron chi connectivity index (χ2n) is 4.69. The minimum atomic E-state index is -4.80. The monoisotopic (exact) mass is 442 g/mol. The molecule has 1 fully saturated rings. The van der Waals surface area contributed by atoms with Crippen molar-refractivity contribution in [3.05, 3.63) is 28.2 Å². The first-order valence-electron chi connectivity index (χ1n) is 6.46. The number of nitrogens with one attached hydrogen (secondary N) is 1. The number of hydrogen-bond donors (Lipinski definition) is 1. The molecule has 0 aliphatic carbocycles. The number of rotatable bonds is 4. The molecule has 1 aromatic rings. The molecule has 0 aromatic heterocycles. The summed E-state index contributed by atoms with van der Waals surface area (Å²) >= 11 is 3.21. The van der Waals surface area contributed by atoms with Crippen LogP contribution in [0.2, 0.25) is 0 Å². The van der Waals surface area contributed by atoms with Crippen molar-refractivity contribution in [1.29, 1.82) is 0 Å². The standard InChI is InChI=1S/C13H15BrF4N2O.2ClH/c14-9-1-2-12(21-13(16,17)18)10(7-9)11(8-15)20-5-3-19-4-6-20;;/h1-2,7,11,19H,3-6,8H2;2*1H/t11-;;/m1../s1. The fraction of sp³-hybridized carbons (Fsp3) is 0.538. The van der Waals surface area contributed by atoms with Crippen molar-refractivity contribution in [3.63, 3.8) is 0 Å². The molecule has 3 nitrogen and oxygen atoms in total. The van der Waals surface area contributed by atoms with E-state index in [0.29, 0.717) is 30.7 Å². The average molecular weight is 444 g/mol. The number of ether oxygens (including phenoxy) is 1. The summed E-state index contributed by atoms with van der Waals surface area (Å²) in [6.45, 7) is 1.74. The molecule has 0 saturated carbocycles. The molecule has 2 rings (SSSR count). The second-order valence-corrected chi connectivity index (χ2v) is 5.60. The molecule has 1 aliphatic heterocycles. The van der Waals surface area contributed by atoms with E-state index in [1.807, 2.05) is 4.90 Å². The van der Waals surface area contributed by atoms with Crippen molar-refractivity contribution in [2.24, 2.45) is 0 Å². The lowest BCUT2D eigenvalue weighted by atomic mass is 10.0. The van der Waals surface area contributed by atoms with Gasteiger partial charge in [0.1, 0.15) is 12.4 Å². The Morgan fingerprint density at radius 2 is 1.83 bits per heavy atom. The van der Waals surface area contributed by atoms with E-state index in [0.717, 1.165) is 0 Å². The maximum atomic E-state index is 13.5. The molecule has 10 heteroatoms. The Hall–Kier alpha value is -0.280. The summed E-state index contributed by atoms with van der Waals surface area (Å²) in [7, 11) is 0. The number of nitrogens with zero attached hydrogens (tertiary/aromatic N) is 1. The summed E-state index contributed by atoms with van der Waals surface area (Å²) in [5, 5.41) is 3.12. The van der Waals surface area contributed by atoms with Gasteiger partial charge in [-0.1, -0.05) is 15.9 Å². The van der Waals surface area contributed by atoms with Crippen LogP contribution in [0.15, 0.2) is 22.7 Å². The summed E-state index contributed by atoms with van der Waals surface area (Å²) < 4.78 is 55.5. The van der Waals surface area contributed by atoms with E-state index < -0.39 is 19.1 Å². The molecule has 1 aliphatic rings. The van der Waals surface area contributed by atoms with E-state index in [1.165, 1.54) is 18.2 Å². The summed E-state index contributed by atoms with van der Waals surface area (Å²) in [5.41, 5.74) is 0.200. The van der Waals surface area contributed by atoms with Crippen LogP contribution in [-0.2, 0) is 0 Å². The Kier molecular flexibility index (Phi) is 9.76. The zero-order valence-electron chi connectivity index (χ0n) is 11.9. The Labute approximate surface area is 152 Å². The summed E-state index contributed by atoms with van der Waals surface area (Å²) in [5.74, 6) is -0.355. The quantitative estimate of drug-likeness (QED) is 0.709. The summed E-state index contributed by atoms with van der Waals surface area (Å²) in [4.78, 5) is 1.82. The minimum absolute atomic E-state index is 0. The van der Waals surface area contributed by atoms with Gasteiger partial charge in [-0.15, -0.1) is 38.0 Å². The first-order valence-corrected chi connectivity index (χ1v) is 7.26. The largest absolute Gasteiger partial charge is 0.573 e. The lowest BCUT2D eigenvalue weighted by molar-refractivity contribution is -0.275. The van der Waals surface area contributed by atoms with Crippen LogP contribution in [0.3, 0.4) is 0 Å². The average Bonchev–Trinajstić information content (AvgIpc) is 2.42. The van der Waals surface area contributed by atoms with Crippen LogP contribution in [0.5, 0.6) is 5.75 Å². The first kappa shape index (κ1) is 22.7. The van der Waals surface area contributed by atoms with Gasteiger partial charge in [-0.3, -0.25) is 4.90 Å². The molecule has 1 atom stereocenters. The smallest absolute Gasteiger partial charge is 0.405 e. The van der Waals surface area contributed by atoms with Crippen molar-refractivity contribution < 1.29 is 22.3 Å². The summed E-state index contributed by atoms with van der Waals surface area (Å²) in [6, 6.07) is 3.38. The minimum Gasteiger partial charge on any atom is -0.405 e. The summed E-state index contributed by atoms with van der Waals surface area (Å²) in [6.07, 6.45) is -4.80. The molecular formula is C13H17BrCl2F4N2O. The molecule has 0 amide bonds. The second kappa shape index (κ2) is 9.88. The van der Waals surface area contributed by atoms with E-state index in [2.05, 4.69) is 26.0 Å². The molecule has 0 spiro atoms. The molecule has 1 N–H and O–H groups in total. The van der Waals surface area contributed by atoms with Crippen LogP contribution in [-0.4, -0.2) is 44.1 Å². The third-order valence-corrected chi connectivity index (χ3v) is 3.79. The van der Waals surface area contributed by atoms with Crippen molar-refractivity contribution in [2.45, 2.75) is 12.4 Å². The van der Waals surface area contributed by atoms with Gasteiger partial charge in [-0.2, -0.15) is 0 Å². The van der Waals surface area contributed by atoms with E-state index in [9.17, 15) is 17.6 Å². The third kappa shape index (κ3) is 6.62. The third-order valence-electron chi connectivity index (χ3n) is 3.30. The molecule has 1 aromatic carbocycles. The SMILES string of the molecule is Cl.Cl.FC[C@H](c1cc(Br)ccc1OC(F)(F)F)N1CCNCC1. The highest BCUT2D eigenvalue weighted by atomic mass is 79.9. The lowest BCUT2D eigenvalue weighted by Crippen LogP contribution is -2.45. The normalized spacial score (nSPS) is 16.9. The fourth-order valence-corrected chi connectivity index (χ4v) is 2.75. The molecular weight excluding hydrogens is 427 g/mol. The van der Waals surface area contributed by atoms with Crippen LogP contribution in [0.4, 0.5) is 17.6 Å². The van der Waals surface area contributed by atoms with Gasteiger partial charge in [-0.05, 0) is 18.2 Å². The van der Waals surface area contributed by atoms with Gasteiger partial charge in [0.2, 0.25) is 0 Å². The van der Waals surface area contributed by atoms with E-state index >= 15 is 0 Å². The first-order chi connectivity index (χ1) is 9.90. The van der Waals surface area contributed by atoms with Gasteiger partial charge in [-0.25, -0.2) is 4.39 Å².